The van der Waals surface area contributed by atoms with E-state index in [4.69, 9.17) is 4.74 Å². The predicted octanol–water partition coefficient (Wildman–Crippen LogP) is 3.99. The van der Waals surface area contributed by atoms with Crippen LogP contribution in [-0.4, -0.2) is 23.0 Å². The second-order valence-electron chi connectivity index (χ2n) is 7.11. The lowest BCUT2D eigenvalue weighted by atomic mass is 9.68. The summed E-state index contributed by atoms with van der Waals surface area (Å²) in [6.07, 6.45) is 5.28. The van der Waals surface area contributed by atoms with E-state index in [-0.39, 0.29) is 17.3 Å². The minimum atomic E-state index is -0.241. The van der Waals surface area contributed by atoms with Crippen LogP contribution in [0.2, 0.25) is 0 Å². The zero-order valence-corrected chi connectivity index (χ0v) is 14.7. The topological polar surface area (TPSA) is 52.1 Å². The third kappa shape index (κ3) is 2.60. The Morgan fingerprint density at radius 2 is 1.58 bits per heavy atom. The Labute approximate surface area is 143 Å². The van der Waals surface area contributed by atoms with E-state index in [2.05, 4.69) is 35.9 Å². The first-order valence-corrected chi connectivity index (χ1v) is 8.49. The fraction of sp³-hybridized carbons (Fsp3) is 0.450. The summed E-state index contributed by atoms with van der Waals surface area (Å²) >= 11 is 0. The van der Waals surface area contributed by atoms with Crippen molar-refractivity contribution >= 4 is 5.97 Å². The van der Waals surface area contributed by atoms with E-state index < -0.39 is 0 Å². The SMILES string of the molecule is COC(=O)[C@@H](C)CC1(CC(C)C)c2cccnc2-c2ncccc21. The van der Waals surface area contributed by atoms with Gasteiger partial charge in [0.2, 0.25) is 0 Å². The number of methoxy groups -OCH3 is 1. The van der Waals surface area contributed by atoms with Crippen LogP contribution in [0.4, 0.5) is 0 Å². The van der Waals surface area contributed by atoms with Crippen molar-refractivity contribution in [3.05, 3.63) is 47.8 Å². The highest BCUT2D eigenvalue weighted by atomic mass is 16.5. The van der Waals surface area contributed by atoms with E-state index in [0.29, 0.717) is 12.3 Å². The second kappa shape index (κ2) is 6.34. The third-order valence-corrected chi connectivity index (χ3v) is 4.89. The van der Waals surface area contributed by atoms with Gasteiger partial charge in [-0.2, -0.15) is 0 Å². The van der Waals surface area contributed by atoms with Gasteiger partial charge in [0.05, 0.1) is 24.4 Å². The van der Waals surface area contributed by atoms with Crippen molar-refractivity contribution in [1.82, 2.24) is 9.97 Å². The molecule has 0 bridgehead atoms. The summed E-state index contributed by atoms with van der Waals surface area (Å²) in [6.45, 7) is 6.38. The van der Waals surface area contributed by atoms with Gasteiger partial charge in [0.1, 0.15) is 0 Å². The Hall–Kier alpha value is -2.23. The highest BCUT2D eigenvalue weighted by molar-refractivity contribution is 5.77. The first-order valence-electron chi connectivity index (χ1n) is 8.49. The van der Waals surface area contributed by atoms with Crippen LogP contribution in [0.15, 0.2) is 36.7 Å². The summed E-state index contributed by atoms with van der Waals surface area (Å²) in [4.78, 5) is 21.3. The van der Waals surface area contributed by atoms with Gasteiger partial charge in [0.15, 0.2) is 0 Å². The van der Waals surface area contributed by atoms with Gasteiger partial charge in [-0.25, -0.2) is 0 Å². The number of esters is 1. The maximum Gasteiger partial charge on any atom is 0.308 e. The van der Waals surface area contributed by atoms with Gasteiger partial charge in [-0.05, 0) is 42.0 Å². The first kappa shape index (κ1) is 16.6. The quantitative estimate of drug-likeness (QED) is 0.780. The number of carbonyl (C=O) groups excluding carboxylic acids is 1. The smallest absolute Gasteiger partial charge is 0.308 e. The molecule has 0 spiro atoms. The van der Waals surface area contributed by atoms with E-state index in [9.17, 15) is 4.79 Å². The standard InChI is InChI=1S/C20H24N2O2/c1-13(2)11-20(12-14(3)19(23)24-4)15-7-5-9-21-17(15)18-16(20)8-6-10-22-18/h5-10,13-14H,11-12H2,1-4H3/t14-/m0/s1. The minimum absolute atomic E-state index is 0.166. The van der Waals surface area contributed by atoms with E-state index in [1.54, 1.807) is 0 Å². The lowest BCUT2D eigenvalue weighted by molar-refractivity contribution is -0.145. The number of pyridine rings is 2. The van der Waals surface area contributed by atoms with Crippen molar-refractivity contribution < 1.29 is 9.53 Å². The van der Waals surface area contributed by atoms with Gasteiger partial charge in [-0.15, -0.1) is 0 Å². The molecular weight excluding hydrogens is 300 g/mol. The Morgan fingerprint density at radius 3 is 2.04 bits per heavy atom. The van der Waals surface area contributed by atoms with Gasteiger partial charge in [0, 0.05) is 17.8 Å². The molecule has 2 heterocycles. The molecule has 0 aromatic carbocycles. The first-order chi connectivity index (χ1) is 11.5. The highest BCUT2D eigenvalue weighted by Crippen LogP contribution is 2.53. The number of nitrogens with zero attached hydrogens (tertiary/aromatic N) is 2. The summed E-state index contributed by atoms with van der Waals surface area (Å²) in [6, 6.07) is 8.22. The monoisotopic (exact) mass is 324 g/mol. The molecule has 0 aliphatic heterocycles. The average Bonchev–Trinajstić information content (AvgIpc) is 2.84. The number of carbonyl (C=O) groups is 1. The Balaban J connectivity index is 2.19. The van der Waals surface area contributed by atoms with Gasteiger partial charge in [-0.1, -0.05) is 32.9 Å². The van der Waals surface area contributed by atoms with Crippen molar-refractivity contribution in [2.24, 2.45) is 11.8 Å². The molecule has 0 N–H and O–H groups in total. The van der Waals surface area contributed by atoms with Gasteiger partial charge in [-0.3, -0.25) is 14.8 Å². The molecule has 4 heteroatoms. The summed E-state index contributed by atoms with van der Waals surface area (Å²) < 4.78 is 4.98. The molecule has 0 saturated carbocycles. The molecule has 1 aliphatic carbocycles. The zero-order chi connectivity index (χ0) is 17.3. The average molecular weight is 324 g/mol. The Bertz CT molecular complexity index is 709. The van der Waals surface area contributed by atoms with E-state index in [1.807, 2.05) is 31.5 Å². The van der Waals surface area contributed by atoms with Gasteiger partial charge in [0.25, 0.3) is 0 Å². The fourth-order valence-corrected chi connectivity index (χ4v) is 4.13. The van der Waals surface area contributed by atoms with Crippen molar-refractivity contribution in [1.29, 1.82) is 0 Å². The molecule has 3 rings (SSSR count). The number of hydrogen-bond acceptors (Lipinski definition) is 4. The molecule has 2 aromatic heterocycles. The highest BCUT2D eigenvalue weighted by Gasteiger charge is 2.46. The van der Waals surface area contributed by atoms with Crippen molar-refractivity contribution in [3.8, 4) is 11.4 Å². The predicted molar refractivity (Wildman–Crippen MR) is 93.5 cm³/mol. The normalized spacial score (nSPS) is 15.7. The third-order valence-electron chi connectivity index (χ3n) is 4.89. The zero-order valence-electron chi connectivity index (χ0n) is 14.7. The molecule has 0 saturated heterocycles. The van der Waals surface area contributed by atoms with Crippen molar-refractivity contribution in [2.75, 3.05) is 7.11 Å². The molecule has 2 aromatic rings. The minimum Gasteiger partial charge on any atom is -0.469 e. The molecule has 24 heavy (non-hydrogen) atoms. The molecule has 0 amide bonds. The lowest BCUT2D eigenvalue weighted by Gasteiger charge is -2.35. The summed E-state index contributed by atoms with van der Waals surface area (Å²) in [5.41, 5.74) is 4.03. The molecule has 0 unspecified atom stereocenters. The number of ether oxygens (including phenoxy) is 1. The fourth-order valence-electron chi connectivity index (χ4n) is 4.13. The van der Waals surface area contributed by atoms with Crippen LogP contribution in [0.25, 0.3) is 11.4 Å². The molecule has 1 aliphatic rings. The van der Waals surface area contributed by atoms with Crippen molar-refractivity contribution in [2.45, 2.75) is 39.0 Å². The van der Waals surface area contributed by atoms with E-state index in [1.165, 1.54) is 18.2 Å². The largest absolute Gasteiger partial charge is 0.469 e. The number of fused-ring (bicyclic) bond motifs is 3. The molecule has 4 nitrogen and oxygen atoms in total. The van der Waals surface area contributed by atoms with E-state index >= 15 is 0 Å². The van der Waals surface area contributed by atoms with Crippen LogP contribution in [0.1, 0.15) is 44.7 Å². The molecule has 0 fully saturated rings. The van der Waals surface area contributed by atoms with Crippen LogP contribution in [0, 0.1) is 11.8 Å². The molecule has 0 radical (unpaired) electrons. The van der Waals surface area contributed by atoms with Crippen LogP contribution in [0.5, 0.6) is 0 Å². The molecule has 1 atom stereocenters. The van der Waals surface area contributed by atoms with Crippen LogP contribution in [0.3, 0.4) is 0 Å². The lowest BCUT2D eigenvalue weighted by Crippen LogP contribution is -2.32. The van der Waals surface area contributed by atoms with Crippen molar-refractivity contribution in [3.63, 3.8) is 0 Å². The number of hydrogen-bond donors (Lipinski definition) is 0. The van der Waals surface area contributed by atoms with Crippen LogP contribution >= 0.6 is 0 Å². The van der Waals surface area contributed by atoms with Gasteiger partial charge >= 0.3 is 5.97 Å². The summed E-state index contributed by atoms with van der Waals surface area (Å²) in [5.74, 6) is 0.128. The van der Waals surface area contributed by atoms with Crippen LogP contribution in [-0.2, 0) is 14.9 Å². The van der Waals surface area contributed by atoms with Crippen LogP contribution < -0.4 is 0 Å². The maximum atomic E-state index is 12.1. The van der Waals surface area contributed by atoms with E-state index in [0.717, 1.165) is 17.8 Å². The summed E-state index contributed by atoms with van der Waals surface area (Å²) in [5, 5.41) is 0. The Kier molecular flexibility index (Phi) is 4.39. The Morgan fingerprint density at radius 1 is 1.04 bits per heavy atom. The molecule has 126 valence electrons. The number of rotatable bonds is 5. The second-order valence-corrected chi connectivity index (χ2v) is 7.11. The molecular formula is C20H24N2O2. The maximum absolute atomic E-state index is 12.1. The number of aromatic nitrogens is 2. The van der Waals surface area contributed by atoms with Gasteiger partial charge < -0.3 is 4.74 Å². The summed E-state index contributed by atoms with van der Waals surface area (Å²) in [7, 11) is 1.45.